The van der Waals surface area contributed by atoms with Crippen molar-refractivity contribution in [2.75, 3.05) is 0 Å². The molecule has 0 aliphatic carbocycles. The molecule has 118 valence electrons. The van der Waals surface area contributed by atoms with Gasteiger partial charge in [-0.25, -0.2) is 14.5 Å². The summed E-state index contributed by atoms with van der Waals surface area (Å²) in [5.41, 5.74) is 2.46. The minimum Gasteiger partial charge on any atom is -0.508 e. The highest BCUT2D eigenvalue weighted by molar-refractivity contribution is 5.65. The van der Waals surface area contributed by atoms with Crippen molar-refractivity contribution in [1.82, 2.24) is 14.8 Å². The second-order valence-electron chi connectivity index (χ2n) is 5.36. The summed E-state index contributed by atoms with van der Waals surface area (Å²) in [6.45, 7) is 3.79. The van der Waals surface area contributed by atoms with E-state index in [-0.39, 0.29) is 11.5 Å². The van der Waals surface area contributed by atoms with Gasteiger partial charge in [0.15, 0.2) is 5.82 Å². The fourth-order valence-electron chi connectivity index (χ4n) is 2.61. The van der Waals surface area contributed by atoms with Crippen LogP contribution in [0.15, 0.2) is 41.2 Å². The van der Waals surface area contributed by atoms with Gasteiger partial charge >= 0.3 is 5.69 Å². The average molecular weight is 311 g/mol. The number of rotatable bonds is 3. The van der Waals surface area contributed by atoms with E-state index in [9.17, 15) is 15.0 Å². The van der Waals surface area contributed by atoms with Gasteiger partial charge in [-0.05, 0) is 48.7 Å². The zero-order valence-electron chi connectivity index (χ0n) is 12.9. The van der Waals surface area contributed by atoms with Crippen LogP contribution in [-0.2, 0) is 6.42 Å². The molecular formula is C17H17N3O3. The molecule has 3 aromatic rings. The van der Waals surface area contributed by atoms with Crippen LogP contribution in [0.5, 0.6) is 11.5 Å². The monoisotopic (exact) mass is 311 g/mol. The third kappa shape index (κ3) is 2.59. The fourth-order valence-corrected chi connectivity index (χ4v) is 2.61. The average Bonchev–Trinajstić information content (AvgIpc) is 2.89. The van der Waals surface area contributed by atoms with Crippen molar-refractivity contribution in [1.29, 1.82) is 0 Å². The molecule has 3 N–H and O–H groups in total. The number of phenols is 2. The molecule has 0 aliphatic heterocycles. The highest BCUT2D eigenvalue weighted by Gasteiger charge is 2.16. The second kappa shape index (κ2) is 5.64. The number of nitrogens with zero attached hydrogens (tertiary/aromatic N) is 2. The summed E-state index contributed by atoms with van der Waals surface area (Å²) in [4.78, 5) is 12.2. The number of phenolic OH excluding ortho intramolecular Hbond substituents is 2. The van der Waals surface area contributed by atoms with Crippen molar-refractivity contribution in [3.63, 3.8) is 0 Å². The quantitative estimate of drug-likeness (QED) is 0.693. The van der Waals surface area contributed by atoms with Crippen LogP contribution in [-0.4, -0.2) is 25.0 Å². The summed E-state index contributed by atoms with van der Waals surface area (Å²) in [6.07, 6.45) is 0.667. The summed E-state index contributed by atoms with van der Waals surface area (Å²) >= 11 is 0. The summed E-state index contributed by atoms with van der Waals surface area (Å²) in [7, 11) is 0. The van der Waals surface area contributed by atoms with Gasteiger partial charge in [0.1, 0.15) is 11.5 Å². The van der Waals surface area contributed by atoms with Gasteiger partial charge < -0.3 is 10.2 Å². The standard InChI is InChI=1S/C17H17N3O3/c1-3-11-8-14(10(2)7-15(11)22)16-18-19-17(23)20(16)12-5-4-6-13(21)9-12/h4-9,21-22H,3H2,1-2H3,(H,19,23). The Morgan fingerprint density at radius 2 is 2.00 bits per heavy atom. The normalized spacial score (nSPS) is 10.9. The molecule has 0 saturated carbocycles. The van der Waals surface area contributed by atoms with E-state index < -0.39 is 5.69 Å². The maximum absolute atomic E-state index is 12.2. The van der Waals surface area contributed by atoms with E-state index >= 15 is 0 Å². The molecule has 0 radical (unpaired) electrons. The minimum atomic E-state index is -0.392. The molecule has 23 heavy (non-hydrogen) atoms. The number of aromatic hydroxyl groups is 2. The lowest BCUT2D eigenvalue weighted by Crippen LogP contribution is -2.15. The van der Waals surface area contributed by atoms with E-state index in [1.807, 2.05) is 19.9 Å². The van der Waals surface area contributed by atoms with E-state index in [1.54, 1.807) is 18.2 Å². The molecule has 0 amide bonds. The zero-order valence-corrected chi connectivity index (χ0v) is 12.9. The van der Waals surface area contributed by atoms with Crippen molar-refractivity contribution < 1.29 is 10.2 Å². The summed E-state index contributed by atoms with van der Waals surface area (Å²) < 4.78 is 1.40. The van der Waals surface area contributed by atoms with Crippen LogP contribution in [0, 0.1) is 6.92 Å². The van der Waals surface area contributed by atoms with E-state index in [2.05, 4.69) is 10.2 Å². The van der Waals surface area contributed by atoms with Gasteiger partial charge in [-0.3, -0.25) is 0 Å². The molecule has 0 saturated heterocycles. The van der Waals surface area contributed by atoms with E-state index in [4.69, 9.17) is 0 Å². The lowest BCUT2D eigenvalue weighted by Gasteiger charge is -2.11. The van der Waals surface area contributed by atoms with Crippen molar-refractivity contribution in [2.24, 2.45) is 0 Å². The van der Waals surface area contributed by atoms with E-state index in [0.717, 1.165) is 16.7 Å². The molecule has 0 aliphatic rings. The first-order valence-electron chi connectivity index (χ1n) is 7.31. The lowest BCUT2D eigenvalue weighted by atomic mass is 10.0. The molecule has 1 heterocycles. The lowest BCUT2D eigenvalue weighted by molar-refractivity contribution is 0.468. The minimum absolute atomic E-state index is 0.0678. The van der Waals surface area contributed by atoms with E-state index in [1.165, 1.54) is 16.7 Å². The maximum atomic E-state index is 12.2. The number of hydrogen-bond acceptors (Lipinski definition) is 4. The van der Waals surface area contributed by atoms with Crippen LogP contribution < -0.4 is 5.69 Å². The number of H-pyrrole nitrogens is 1. The molecule has 0 unspecified atom stereocenters. The Balaban J connectivity index is 2.26. The molecule has 0 atom stereocenters. The molecular weight excluding hydrogens is 294 g/mol. The Bertz CT molecular complexity index is 925. The van der Waals surface area contributed by atoms with Crippen LogP contribution in [0.25, 0.3) is 17.1 Å². The third-order valence-corrected chi connectivity index (χ3v) is 3.81. The highest BCUT2D eigenvalue weighted by atomic mass is 16.3. The van der Waals surface area contributed by atoms with Crippen molar-refractivity contribution in [3.05, 3.63) is 58.0 Å². The Hall–Kier alpha value is -3.02. The van der Waals surface area contributed by atoms with Crippen LogP contribution >= 0.6 is 0 Å². The molecule has 6 nitrogen and oxygen atoms in total. The second-order valence-corrected chi connectivity index (χ2v) is 5.36. The maximum Gasteiger partial charge on any atom is 0.348 e. The molecule has 6 heteroatoms. The SMILES string of the molecule is CCc1cc(-c2n[nH]c(=O)n2-c2cccc(O)c2)c(C)cc1O. The number of nitrogens with one attached hydrogen (secondary N) is 1. The Kier molecular flexibility index (Phi) is 3.65. The van der Waals surface area contributed by atoms with Crippen LogP contribution in [0.4, 0.5) is 0 Å². The first kappa shape index (κ1) is 14.9. The smallest absolute Gasteiger partial charge is 0.348 e. The van der Waals surface area contributed by atoms with Gasteiger partial charge in [0.2, 0.25) is 0 Å². The fraction of sp³-hybridized carbons (Fsp3) is 0.176. The van der Waals surface area contributed by atoms with Crippen LogP contribution in [0.3, 0.4) is 0 Å². The van der Waals surface area contributed by atoms with Crippen LogP contribution in [0.1, 0.15) is 18.1 Å². The Labute approximate surface area is 132 Å². The summed E-state index contributed by atoms with van der Waals surface area (Å²) in [5.74, 6) is 0.738. The molecule has 3 rings (SSSR count). The van der Waals surface area contributed by atoms with Gasteiger partial charge in [0.25, 0.3) is 0 Å². The topological polar surface area (TPSA) is 91.1 Å². The van der Waals surface area contributed by atoms with Crippen LogP contribution in [0.2, 0.25) is 0 Å². The van der Waals surface area contributed by atoms with Gasteiger partial charge in [-0.2, -0.15) is 5.10 Å². The molecule has 1 aromatic heterocycles. The molecule has 0 bridgehead atoms. The predicted molar refractivity (Wildman–Crippen MR) is 87.1 cm³/mol. The molecule has 0 spiro atoms. The first-order chi connectivity index (χ1) is 11.0. The zero-order chi connectivity index (χ0) is 16.6. The van der Waals surface area contributed by atoms with Gasteiger partial charge in [0, 0.05) is 11.6 Å². The van der Waals surface area contributed by atoms with E-state index in [0.29, 0.717) is 17.9 Å². The predicted octanol–water partition coefficient (Wildman–Crippen LogP) is 2.51. The number of aromatic nitrogens is 3. The Morgan fingerprint density at radius 3 is 2.70 bits per heavy atom. The number of aryl methyl sites for hydroxylation is 2. The summed E-state index contributed by atoms with van der Waals surface area (Å²) in [6, 6.07) is 9.91. The summed E-state index contributed by atoms with van der Waals surface area (Å²) in [5, 5.41) is 26.2. The number of hydrogen-bond donors (Lipinski definition) is 3. The van der Waals surface area contributed by atoms with Gasteiger partial charge in [0.05, 0.1) is 5.69 Å². The first-order valence-corrected chi connectivity index (χ1v) is 7.31. The number of benzene rings is 2. The van der Waals surface area contributed by atoms with Crippen molar-refractivity contribution in [3.8, 4) is 28.6 Å². The largest absolute Gasteiger partial charge is 0.508 e. The third-order valence-electron chi connectivity index (χ3n) is 3.81. The number of aromatic amines is 1. The van der Waals surface area contributed by atoms with Crippen molar-refractivity contribution in [2.45, 2.75) is 20.3 Å². The molecule has 2 aromatic carbocycles. The highest BCUT2D eigenvalue weighted by Crippen LogP contribution is 2.30. The molecule has 0 fully saturated rings. The van der Waals surface area contributed by atoms with Gasteiger partial charge in [-0.15, -0.1) is 0 Å². The van der Waals surface area contributed by atoms with Crippen molar-refractivity contribution >= 4 is 0 Å². The Morgan fingerprint density at radius 1 is 1.22 bits per heavy atom. The van der Waals surface area contributed by atoms with Gasteiger partial charge in [-0.1, -0.05) is 13.0 Å².